The Bertz CT molecular complexity index is 239. The molecule has 1 aromatic rings. The minimum atomic E-state index is 0.399. The second kappa shape index (κ2) is 2.75. The Hall–Kier alpha value is -0.960. The lowest BCUT2D eigenvalue weighted by atomic mass is 10.4. The normalized spacial score (nSPS) is 9.40. The first-order valence-electron chi connectivity index (χ1n) is 2.69. The van der Waals surface area contributed by atoms with Crippen LogP contribution in [-0.4, -0.2) is 12.1 Å². The molecule has 0 aromatic carbocycles. The van der Waals surface area contributed by atoms with E-state index in [-0.39, 0.29) is 0 Å². The first-order chi connectivity index (χ1) is 4.74. The van der Waals surface area contributed by atoms with Gasteiger partial charge in [0.25, 0.3) is 0 Å². The quantitative estimate of drug-likeness (QED) is 0.671. The van der Waals surface area contributed by atoms with Gasteiger partial charge in [0, 0.05) is 0 Å². The summed E-state index contributed by atoms with van der Waals surface area (Å²) in [6.45, 7) is 0. The third kappa shape index (κ3) is 1.30. The molecule has 0 saturated carbocycles. The number of halogens is 1. The van der Waals surface area contributed by atoms with Crippen molar-refractivity contribution < 1.29 is 4.74 Å². The summed E-state index contributed by atoms with van der Waals surface area (Å²) in [7, 11) is 1.50. The number of aromatic nitrogens is 1. The van der Waals surface area contributed by atoms with Crippen molar-refractivity contribution in [3.05, 3.63) is 17.3 Å². The minimum Gasteiger partial charge on any atom is -0.480 e. The highest BCUT2D eigenvalue weighted by Gasteiger charge is 1.99. The standard InChI is InChI=1S/C6H7ClN2O/c1-10-6-5(7)2-4(8)3-9-6/h2-3H,8H2,1H3. The molecule has 4 heteroatoms. The maximum atomic E-state index is 5.66. The molecule has 0 aliphatic carbocycles. The topological polar surface area (TPSA) is 48.1 Å². The van der Waals surface area contributed by atoms with Gasteiger partial charge in [-0.2, -0.15) is 0 Å². The van der Waals surface area contributed by atoms with Crippen molar-refractivity contribution in [3.63, 3.8) is 0 Å². The molecule has 3 nitrogen and oxygen atoms in total. The number of rotatable bonds is 1. The molecule has 0 radical (unpaired) electrons. The van der Waals surface area contributed by atoms with Gasteiger partial charge in [0.05, 0.1) is 19.0 Å². The highest BCUT2D eigenvalue weighted by atomic mass is 35.5. The third-order valence-electron chi connectivity index (χ3n) is 1.02. The zero-order chi connectivity index (χ0) is 7.56. The van der Waals surface area contributed by atoms with Crippen LogP contribution in [0.3, 0.4) is 0 Å². The molecule has 0 saturated heterocycles. The van der Waals surface area contributed by atoms with Gasteiger partial charge in [0.15, 0.2) is 0 Å². The molecule has 2 N–H and O–H groups in total. The predicted octanol–water partition coefficient (Wildman–Crippen LogP) is 1.33. The molecule has 0 bridgehead atoms. The van der Waals surface area contributed by atoms with Crippen LogP contribution in [0.2, 0.25) is 5.02 Å². The van der Waals surface area contributed by atoms with Crippen LogP contribution in [0, 0.1) is 0 Å². The Balaban J connectivity index is 3.07. The predicted molar refractivity (Wildman–Crippen MR) is 40.2 cm³/mol. The fraction of sp³-hybridized carbons (Fsp3) is 0.167. The van der Waals surface area contributed by atoms with E-state index in [2.05, 4.69) is 4.98 Å². The summed E-state index contributed by atoms with van der Waals surface area (Å²) in [5.41, 5.74) is 5.91. The zero-order valence-corrected chi connectivity index (χ0v) is 6.22. The lowest BCUT2D eigenvalue weighted by Gasteiger charge is -2.00. The molecule has 0 unspecified atom stereocenters. The van der Waals surface area contributed by atoms with E-state index in [0.29, 0.717) is 16.6 Å². The number of pyridine rings is 1. The van der Waals surface area contributed by atoms with E-state index in [0.717, 1.165) is 0 Å². The first-order valence-corrected chi connectivity index (χ1v) is 3.07. The molecule has 0 spiro atoms. The molecule has 1 heterocycles. The largest absolute Gasteiger partial charge is 0.480 e. The number of anilines is 1. The first kappa shape index (κ1) is 7.15. The zero-order valence-electron chi connectivity index (χ0n) is 5.47. The van der Waals surface area contributed by atoms with E-state index in [9.17, 15) is 0 Å². The molecule has 1 aromatic heterocycles. The molecule has 1 rings (SSSR count). The summed E-state index contributed by atoms with van der Waals surface area (Å²) in [5, 5.41) is 0.433. The molecule has 0 atom stereocenters. The van der Waals surface area contributed by atoms with Crippen LogP contribution < -0.4 is 10.5 Å². The van der Waals surface area contributed by atoms with Crippen molar-refractivity contribution in [3.8, 4) is 5.88 Å². The fourth-order valence-electron chi connectivity index (χ4n) is 0.590. The highest BCUT2D eigenvalue weighted by Crippen LogP contribution is 2.22. The summed E-state index contributed by atoms with van der Waals surface area (Å²) >= 11 is 5.66. The number of nitrogens with two attached hydrogens (primary N) is 1. The molecule has 0 amide bonds. The monoisotopic (exact) mass is 158 g/mol. The molecular weight excluding hydrogens is 152 g/mol. The van der Waals surface area contributed by atoms with Gasteiger partial charge in [-0.05, 0) is 6.07 Å². The minimum absolute atomic E-state index is 0.399. The van der Waals surface area contributed by atoms with Gasteiger partial charge in [0.1, 0.15) is 5.02 Å². The fourth-order valence-corrected chi connectivity index (χ4v) is 0.842. The summed E-state index contributed by atoms with van der Waals surface area (Å²) in [5.74, 6) is 0.399. The molecule has 10 heavy (non-hydrogen) atoms. The summed E-state index contributed by atoms with van der Waals surface area (Å²) in [6, 6.07) is 1.59. The maximum Gasteiger partial charge on any atom is 0.232 e. The molecule has 54 valence electrons. The summed E-state index contributed by atoms with van der Waals surface area (Å²) in [4.78, 5) is 3.82. The van der Waals surface area contributed by atoms with E-state index in [4.69, 9.17) is 22.1 Å². The Kier molecular flexibility index (Phi) is 1.97. The average Bonchev–Trinajstić information content (AvgIpc) is 1.88. The number of nitrogen functional groups attached to an aromatic ring is 1. The van der Waals surface area contributed by atoms with Crippen molar-refractivity contribution in [1.29, 1.82) is 0 Å². The second-order valence-electron chi connectivity index (χ2n) is 1.76. The lowest BCUT2D eigenvalue weighted by Crippen LogP contribution is -1.91. The highest BCUT2D eigenvalue weighted by molar-refractivity contribution is 6.32. The summed E-state index contributed by atoms with van der Waals surface area (Å²) < 4.78 is 4.80. The van der Waals surface area contributed by atoms with Gasteiger partial charge in [-0.25, -0.2) is 4.98 Å². The average molecular weight is 159 g/mol. The van der Waals surface area contributed by atoms with E-state index >= 15 is 0 Å². The number of hydrogen-bond acceptors (Lipinski definition) is 3. The van der Waals surface area contributed by atoms with Crippen LogP contribution in [0.15, 0.2) is 12.3 Å². The molecule has 0 aliphatic rings. The molecular formula is C6H7ClN2O. The van der Waals surface area contributed by atoms with E-state index in [1.54, 1.807) is 6.07 Å². The van der Waals surface area contributed by atoms with Crippen LogP contribution in [0.4, 0.5) is 5.69 Å². The number of methoxy groups -OCH3 is 1. The van der Waals surface area contributed by atoms with E-state index in [1.807, 2.05) is 0 Å². The van der Waals surface area contributed by atoms with Crippen molar-refractivity contribution in [2.75, 3.05) is 12.8 Å². The van der Waals surface area contributed by atoms with Crippen LogP contribution in [0.1, 0.15) is 0 Å². The molecule has 0 aliphatic heterocycles. The number of ether oxygens (including phenoxy) is 1. The van der Waals surface area contributed by atoms with Gasteiger partial charge in [0.2, 0.25) is 5.88 Å². The van der Waals surface area contributed by atoms with Gasteiger partial charge < -0.3 is 10.5 Å². The van der Waals surface area contributed by atoms with E-state index < -0.39 is 0 Å². The van der Waals surface area contributed by atoms with Crippen LogP contribution in [-0.2, 0) is 0 Å². The van der Waals surface area contributed by atoms with Crippen LogP contribution in [0.25, 0.3) is 0 Å². The van der Waals surface area contributed by atoms with Crippen molar-refractivity contribution in [1.82, 2.24) is 4.98 Å². The third-order valence-corrected chi connectivity index (χ3v) is 1.29. The Labute approximate surface area is 63.8 Å². The van der Waals surface area contributed by atoms with Crippen molar-refractivity contribution in [2.24, 2.45) is 0 Å². The van der Waals surface area contributed by atoms with Gasteiger partial charge in [-0.3, -0.25) is 0 Å². The maximum absolute atomic E-state index is 5.66. The van der Waals surface area contributed by atoms with Crippen molar-refractivity contribution >= 4 is 17.3 Å². The van der Waals surface area contributed by atoms with Gasteiger partial charge in [-0.1, -0.05) is 11.6 Å². The summed E-state index contributed by atoms with van der Waals surface area (Å²) in [6.07, 6.45) is 1.49. The van der Waals surface area contributed by atoms with E-state index in [1.165, 1.54) is 13.3 Å². The Morgan fingerprint density at radius 2 is 2.40 bits per heavy atom. The van der Waals surface area contributed by atoms with Crippen LogP contribution in [0.5, 0.6) is 5.88 Å². The van der Waals surface area contributed by atoms with Gasteiger partial charge in [-0.15, -0.1) is 0 Å². The van der Waals surface area contributed by atoms with Crippen LogP contribution >= 0.6 is 11.6 Å². The second-order valence-corrected chi connectivity index (χ2v) is 2.17. The smallest absolute Gasteiger partial charge is 0.232 e. The SMILES string of the molecule is COc1ncc(N)cc1Cl. The van der Waals surface area contributed by atoms with Gasteiger partial charge >= 0.3 is 0 Å². The Morgan fingerprint density at radius 1 is 1.70 bits per heavy atom. The Morgan fingerprint density at radius 3 is 2.90 bits per heavy atom. The lowest BCUT2D eigenvalue weighted by molar-refractivity contribution is 0.398. The molecule has 0 fully saturated rings. The number of hydrogen-bond donors (Lipinski definition) is 1. The van der Waals surface area contributed by atoms with Crippen molar-refractivity contribution in [2.45, 2.75) is 0 Å². The number of nitrogens with zero attached hydrogens (tertiary/aromatic N) is 1.